The van der Waals surface area contributed by atoms with Crippen LogP contribution in [0.3, 0.4) is 0 Å². The lowest BCUT2D eigenvalue weighted by Crippen LogP contribution is -2.27. The molecule has 8 heteroatoms. The summed E-state index contributed by atoms with van der Waals surface area (Å²) < 4.78 is 14.3. The fourth-order valence-electron chi connectivity index (χ4n) is 1.83. The molecule has 2 heterocycles. The van der Waals surface area contributed by atoms with Gasteiger partial charge in [-0.2, -0.15) is 9.61 Å². The minimum absolute atomic E-state index is 0.251. The van der Waals surface area contributed by atoms with Gasteiger partial charge in [-0.05, 0) is 0 Å². The minimum atomic E-state index is -0.949. The normalized spacial score (nSPS) is 18.2. The van der Waals surface area contributed by atoms with Crippen molar-refractivity contribution in [3.8, 4) is 0 Å². The van der Waals surface area contributed by atoms with Crippen molar-refractivity contribution < 1.29 is 9.18 Å². The maximum absolute atomic E-state index is 12.8. The Balaban J connectivity index is 0.000000615. The Labute approximate surface area is 140 Å². The third kappa shape index (κ3) is 4.31. The lowest BCUT2D eigenvalue weighted by molar-refractivity contribution is 0.0949. The molecule has 0 radical (unpaired) electrons. The third-order valence-corrected chi connectivity index (χ3v) is 3.16. The molecule has 0 saturated heterocycles. The molecule has 6 nitrogen and oxygen atoms in total. The standard InChI is InChI=1S/C11H11ClFN5O.2C2H6/c1-14-9-3-8(12)17-10-5(4-15-18(9)10)11(19)16-7-2-6(7)13;2*1-2/h3-4,6-7,14H,2H2,1H3,(H,16,19);2*1-2H3. The highest BCUT2D eigenvalue weighted by Gasteiger charge is 2.39. The van der Waals surface area contributed by atoms with E-state index in [0.29, 0.717) is 17.9 Å². The molecule has 2 unspecified atom stereocenters. The second-order valence-electron chi connectivity index (χ2n) is 4.34. The van der Waals surface area contributed by atoms with Crippen molar-refractivity contribution in [2.75, 3.05) is 12.4 Å². The summed E-state index contributed by atoms with van der Waals surface area (Å²) in [6.07, 6.45) is 0.806. The predicted octanol–water partition coefficient (Wildman–Crippen LogP) is 3.32. The van der Waals surface area contributed by atoms with Gasteiger partial charge in [0.05, 0.1) is 12.2 Å². The number of anilines is 1. The van der Waals surface area contributed by atoms with Crippen molar-refractivity contribution in [2.45, 2.75) is 46.3 Å². The second kappa shape index (κ2) is 8.67. The lowest BCUT2D eigenvalue weighted by Gasteiger charge is -2.05. The zero-order chi connectivity index (χ0) is 17.6. The summed E-state index contributed by atoms with van der Waals surface area (Å²) in [6, 6.07) is 1.20. The predicted molar refractivity (Wildman–Crippen MR) is 91.0 cm³/mol. The number of amides is 1. The van der Waals surface area contributed by atoms with E-state index in [9.17, 15) is 9.18 Å². The molecule has 1 aliphatic carbocycles. The van der Waals surface area contributed by atoms with Crippen molar-refractivity contribution in [1.29, 1.82) is 0 Å². The molecule has 128 valence electrons. The van der Waals surface area contributed by atoms with Gasteiger partial charge in [0, 0.05) is 19.5 Å². The molecule has 2 aromatic rings. The number of hydrogen-bond acceptors (Lipinski definition) is 4. The van der Waals surface area contributed by atoms with Gasteiger partial charge < -0.3 is 10.6 Å². The van der Waals surface area contributed by atoms with Crippen LogP contribution in [0.2, 0.25) is 5.15 Å². The van der Waals surface area contributed by atoms with Gasteiger partial charge in [0.25, 0.3) is 5.91 Å². The number of halogens is 2. The fraction of sp³-hybridized carbons (Fsp3) is 0.533. The molecule has 0 aromatic carbocycles. The molecule has 2 N–H and O–H groups in total. The Morgan fingerprint density at radius 3 is 2.52 bits per heavy atom. The average Bonchev–Trinajstić information content (AvgIpc) is 3.10. The van der Waals surface area contributed by atoms with E-state index in [1.807, 2.05) is 27.7 Å². The van der Waals surface area contributed by atoms with Crippen molar-refractivity contribution in [2.24, 2.45) is 0 Å². The molecule has 1 saturated carbocycles. The molecular weight excluding hydrogens is 321 g/mol. The largest absolute Gasteiger partial charge is 0.373 e. The summed E-state index contributed by atoms with van der Waals surface area (Å²) in [6.45, 7) is 8.00. The molecule has 23 heavy (non-hydrogen) atoms. The molecular formula is C15H23ClFN5O. The number of carbonyl (C=O) groups is 1. The van der Waals surface area contributed by atoms with Gasteiger partial charge in [-0.1, -0.05) is 39.3 Å². The molecule has 0 spiro atoms. The molecule has 0 aliphatic heterocycles. The Kier molecular flexibility index (Phi) is 7.22. The van der Waals surface area contributed by atoms with E-state index in [1.165, 1.54) is 10.7 Å². The maximum Gasteiger partial charge on any atom is 0.257 e. The number of aromatic nitrogens is 3. The Morgan fingerprint density at radius 2 is 2.00 bits per heavy atom. The molecule has 1 fully saturated rings. The maximum atomic E-state index is 12.8. The van der Waals surface area contributed by atoms with E-state index in [1.54, 1.807) is 13.1 Å². The quantitative estimate of drug-likeness (QED) is 0.839. The van der Waals surface area contributed by atoms with Crippen LogP contribution in [0.25, 0.3) is 5.65 Å². The first kappa shape index (κ1) is 19.2. The van der Waals surface area contributed by atoms with Crippen molar-refractivity contribution in [1.82, 2.24) is 19.9 Å². The van der Waals surface area contributed by atoms with E-state index in [-0.39, 0.29) is 10.7 Å². The minimum Gasteiger partial charge on any atom is -0.373 e. The highest BCUT2D eigenvalue weighted by atomic mass is 35.5. The SMILES string of the molecule is CC.CC.CNc1cc(Cl)nc2c(C(=O)NC3CC3F)cnn12. The highest BCUT2D eigenvalue weighted by Crippen LogP contribution is 2.26. The van der Waals surface area contributed by atoms with E-state index in [2.05, 4.69) is 20.7 Å². The number of carbonyl (C=O) groups excluding carboxylic acids is 1. The van der Waals surface area contributed by atoms with Crippen molar-refractivity contribution in [3.05, 3.63) is 23.0 Å². The van der Waals surface area contributed by atoms with Gasteiger partial charge in [-0.25, -0.2) is 9.37 Å². The topological polar surface area (TPSA) is 71.3 Å². The summed E-state index contributed by atoms with van der Waals surface area (Å²) >= 11 is 5.89. The van der Waals surface area contributed by atoms with Crippen LogP contribution in [-0.2, 0) is 0 Å². The van der Waals surface area contributed by atoms with Gasteiger partial charge in [0.2, 0.25) is 0 Å². The first-order valence-electron chi connectivity index (χ1n) is 7.77. The number of fused-ring (bicyclic) bond motifs is 1. The van der Waals surface area contributed by atoms with E-state index >= 15 is 0 Å². The van der Waals surface area contributed by atoms with Gasteiger partial charge in [0.15, 0.2) is 5.65 Å². The van der Waals surface area contributed by atoms with Crippen LogP contribution in [-0.4, -0.2) is 39.8 Å². The first-order valence-corrected chi connectivity index (χ1v) is 8.15. The van der Waals surface area contributed by atoms with E-state index < -0.39 is 18.1 Å². The summed E-state index contributed by atoms with van der Waals surface area (Å²) in [4.78, 5) is 16.1. The van der Waals surface area contributed by atoms with Crippen LogP contribution in [0.15, 0.2) is 12.3 Å². The molecule has 2 aromatic heterocycles. The summed E-state index contributed by atoms with van der Waals surface area (Å²) in [5.41, 5.74) is 0.614. The number of alkyl halides is 1. The first-order chi connectivity index (χ1) is 11.1. The highest BCUT2D eigenvalue weighted by molar-refractivity contribution is 6.29. The molecule has 1 amide bonds. The number of hydrogen-bond donors (Lipinski definition) is 2. The van der Waals surface area contributed by atoms with Crippen LogP contribution >= 0.6 is 11.6 Å². The molecule has 1 aliphatic rings. The van der Waals surface area contributed by atoms with Gasteiger partial charge in [-0.15, -0.1) is 0 Å². The third-order valence-electron chi connectivity index (χ3n) is 2.97. The van der Waals surface area contributed by atoms with Crippen LogP contribution in [0.1, 0.15) is 44.5 Å². The fourth-order valence-corrected chi connectivity index (χ4v) is 2.01. The van der Waals surface area contributed by atoms with Gasteiger partial charge in [-0.3, -0.25) is 4.79 Å². The second-order valence-corrected chi connectivity index (χ2v) is 4.73. The zero-order valence-corrected chi connectivity index (χ0v) is 14.8. The number of nitrogens with zero attached hydrogens (tertiary/aromatic N) is 3. The lowest BCUT2D eigenvalue weighted by atomic mass is 10.3. The van der Waals surface area contributed by atoms with E-state index in [0.717, 1.165) is 0 Å². The monoisotopic (exact) mass is 343 g/mol. The summed E-state index contributed by atoms with van der Waals surface area (Å²) in [7, 11) is 1.71. The van der Waals surface area contributed by atoms with Crippen LogP contribution in [0, 0.1) is 0 Å². The Morgan fingerprint density at radius 1 is 1.39 bits per heavy atom. The molecule has 2 atom stereocenters. The van der Waals surface area contributed by atoms with Gasteiger partial charge in [0.1, 0.15) is 22.7 Å². The average molecular weight is 344 g/mol. The Hall–Kier alpha value is -1.89. The van der Waals surface area contributed by atoms with E-state index in [4.69, 9.17) is 11.6 Å². The summed E-state index contributed by atoms with van der Waals surface area (Å²) in [5, 5.41) is 9.82. The van der Waals surface area contributed by atoms with Gasteiger partial charge >= 0.3 is 0 Å². The van der Waals surface area contributed by atoms with Crippen LogP contribution in [0.4, 0.5) is 10.2 Å². The van der Waals surface area contributed by atoms with Crippen LogP contribution < -0.4 is 10.6 Å². The van der Waals surface area contributed by atoms with Crippen molar-refractivity contribution in [3.63, 3.8) is 0 Å². The number of nitrogens with one attached hydrogen (secondary N) is 2. The number of rotatable bonds is 3. The van der Waals surface area contributed by atoms with Crippen molar-refractivity contribution >= 4 is 29.0 Å². The summed E-state index contributed by atoms with van der Waals surface area (Å²) in [5.74, 6) is 0.223. The Bertz CT molecular complexity index is 661. The van der Waals surface area contributed by atoms with Crippen LogP contribution in [0.5, 0.6) is 0 Å². The zero-order valence-electron chi connectivity index (χ0n) is 14.0. The molecule has 0 bridgehead atoms. The molecule has 3 rings (SSSR count). The smallest absolute Gasteiger partial charge is 0.257 e.